The Labute approximate surface area is 211 Å². The summed E-state index contributed by atoms with van der Waals surface area (Å²) in [5, 5.41) is 7.27. The van der Waals surface area contributed by atoms with Crippen LogP contribution in [0.4, 0.5) is 0 Å². The zero-order chi connectivity index (χ0) is 22.1. The van der Waals surface area contributed by atoms with Gasteiger partial charge in [0.2, 0.25) is 0 Å². The molecule has 0 bridgehead atoms. The number of hydrogen-bond donors (Lipinski definition) is 2. The fourth-order valence-corrected chi connectivity index (χ4v) is 5.48. The van der Waals surface area contributed by atoms with Crippen molar-refractivity contribution in [3.63, 3.8) is 0 Å². The summed E-state index contributed by atoms with van der Waals surface area (Å²) in [7, 11) is 7.64. The van der Waals surface area contributed by atoms with Gasteiger partial charge in [0.05, 0.1) is 7.11 Å². The van der Waals surface area contributed by atoms with Gasteiger partial charge in [0.15, 0.2) is 5.96 Å². The van der Waals surface area contributed by atoms with Gasteiger partial charge in [-0.3, -0.25) is 9.89 Å². The smallest absolute Gasteiger partial charge is 0.191 e. The highest BCUT2D eigenvalue weighted by Crippen LogP contribution is 2.40. The number of nitrogens with one attached hydrogen (secondary N) is 2. The van der Waals surface area contributed by atoms with Crippen LogP contribution in [0.25, 0.3) is 0 Å². The van der Waals surface area contributed by atoms with E-state index in [0.717, 1.165) is 44.4 Å². The van der Waals surface area contributed by atoms with E-state index in [9.17, 15) is 0 Å². The predicted molar refractivity (Wildman–Crippen MR) is 143 cm³/mol. The summed E-state index contributed by atoms with van der Waals surface area (Å²) in [5.74, 6) is 2.38. The van der Waals surface area contributed by atoms with Gasteiger partial charge in [-0.2, -0.15) is 0 Å². The van der Waals surface area contributed by atoms with Crippen LogP contribution in [0.15, 0.2) is 29.3 Å². The standard InChI is InChI=1S/C25H42N4O2.HI/c1-26-24(28-19-25(15-17-30-3)13-5-6-14-25)27-18-21-8-7-16-29(2)23(21)20-9-11-22(31-4)12-10-20;/h9-12,21,23H,5-8,13-19H2,1-4H3,(H2,26,27,28);1H. The Kier molecular flexibility index (Phi) is 11.6. The van der Waals surface area contributed by atoms with Crippen molar-refractivity contribution in [2.24, 2.45) is 16.3 Å². The van der Waals surface area contributed by atoms with E-state index in [1.807, 2.05) is 7.05 Å². The molecular weight excluding hydrogens is 515 g/mol. The molecule has 0 radical (unpaired) electrons. The molecule has 1 saturated carbocycles. The van der Waals surface area contributed by atoms with Crippen molar-refractivity contribution in [1.29, 1.82) is 0 Å². The fraction of sp³-hybridized carbons (Fsp3) is 0.720. The summed E-state index contributed by atoms with van der Waals surface area (Å²) in [6.07, 6.45) is 8.82. The second-order valence-electron chi connectivity index (χ2n) is 9.36. The van der Waals surface area contributed by atoms with Crippen LogP contribution in [0, 0.1) is 11.3 Å². The molecule has 1 aromatic carbocycles. The minimum atomic E-state index is 0. The molecule has 6 nitrogen and oxygen atoms in total. The van der Waals surface area contributed by atoms with Crippen LogP contribution >= 0.6 is 24.0 Å². The molecule has 182 valence electrons. The summed E-state index contributed by atoms with van der Waals surface area (Å²) in [6, 6.07) is 8.98. The number of halogens is 1. The van der Waals surface area contributed by atoms with Crippen LogP contribution in [-0.2, 0) is 4.74 Å². The minimum absolute atomic E-state index is 0. The number of hydrogen-bond acceptors (Lipinski definition) is 4. The molecule has 7 heteroatoms. The van der Waals surface area contributed by atoms with Gasteiger partial charge in [0.25, 0.3) is 0 Å². The van der Waals surface area contributed by atoms with Crippen molar-refractivity contribution in [3.05, 3.63) is 29.8 Å². The van der Waals surface area contributed by atoms with E-state index in [0.29, 0.717) is 17.4 Å². The van der Waals surface area contributed by atoms with Crippen molar-refractivity contribution in [2.75, 3.05) is 54.6 Å². The van der Waals surface area contributed by atoms with E-state index in [4.69, 9.17) is 9.47 Å². The largest absolute Gasteiger partial charge is 0.497 e. The molecule has 1 aliphatic carbocycles. The van der Waals surface area contributed by atoms with Gasteiger partial charge in [-0.05, 0) is 74.7 Å². The maximum absolute atomic E-state index is 5.38. The first-order valence-corrected chi connectivity index (χ1v) is 11.9. The number of piperidine rings is 1. The topological polar surface area (TPSA) is 58.1 Å². The number of likely N-dealkylation sites (tertiary alicyclic amines) is 1. The summed E-state index contributed by atoms with van der Waals surface area (Å²) >= 11 is 0. The number of methoxy groups -OCH3 is 2. The Morgan fingerprint density at radius 2 is 1.84 bits per heavy atom. The average Bonchev–Trinajstić information content (AvgIpc) is 3.27. The zero-order valence-corrected chi connectivity index (χ0v) is 22.7. The van der Waals surface area contributed by atoms with Gasteiger partial charge >= 0.3 is 0 Å². The first kappa shape index (κ1) is 27.2. The Balaban J connectivity index is 0.00000363. The maximum Gasteiger partial charge on any atom is 0.191 e. The number of rotatable bonds is 9. The highest BCUT2D eigenvalue weighted by molar-refractivity contribution is 14.0. The Morgan fingerprint density at radius 3 is 2.47 bits per heavy atom. The molecule has 3 rings (SSSR count). The zero-order valence-electron chi connectivity index (χ0n) is 20.4. The number of nitrogens with zero attached hydrogens (tertiary/aromatic N) is 2. The third kappa shape index (κ3) is 7.22. The predicted octanol–water partition coefficient (Wildman–Crippen LogP) is 4.46. The van der Waals surface area contributed by atoms with E-state index in [1.165, 1.54) is 44.1 Å². The van der Waals surface area contributed by atoms with Crippen molar-refractivity contribution in [1.82, 2.24) is 15.5 Å². The number of aliphatic imine (C=N–C) groups is 1. The first-order valence-electron chi connectivity index (χ1n) is 11.9. The molecule has 1 heterocycles. The number of guanidine groups is 1. The van der Waals surface area contributed by atoms with Crippen LogP contribution in [0.1, 0.15) is 56.6 Å². The molecular formula is C25H43IN4O2. The van der Waals surface area contributed by atoms with E-state index in [-0.39, 0.29) is 24.0 Å². The summed E-state index contributed by atoms with van der Waals surface area (Å²) < 4.78 is 10.7. The van der Waals surface area contributed by atoms with Crippen LogP contribution in [-0.4, -0.2) is 65.4 Å². The van der Waals surface area contributed by atoms with Crippen LogP contribution in [0.2, 0.25) is 0 Å². The molecule has 2 aliphatic rings. The third-order valence-electron chi connectivity index (χ3n) is 7.35. The Hall–Kier alpha value is -1.06. The monoisotopic (exact) mass is 558 g/mol. The molecule has 1 aromatic rings. The Morgan fingerprint density at radius 1 is 1.12 bits per heavy atom. The normalized spacial score (nSPS) is 23.4. The number of benzene rings is 1. The minimum Gasteiger partial charge on any atom is -0.497 e. The SMILES string of the molecule is CN=C(NCC1CCCN(C)C1c1ccc(OC)cc1)NCC1(CCOC)CCCC1.I. The molecule has 1 aliphatic heterocycles. The molecule has 0 spiro atoms. The van der Waals surface area contributed by atoms with Gasteiger partial charge < -0.3 is 20.1 Å². The quantitative estimate of drug-likeness (QED) is 0.267. The van der Waals surface area contributed by atoms with Gasteiger partial charge in [-0.25, -0.2) is 0 Å². The fourth-order valence-electron chi connectivity index (χ4n) is 5.48. The average molecular weight is 559 g/mol. The summed E-state index contributed by atoms with van der Waals surface area (Å²) in [5.41, 5.74) is 1.71. The molecule has 2 atom stereocenters. The molecule has 0 aromatic heterocycles. The second-order valence-corrected chi connectivity index (χ2v) is 9.36. The van der Waals surface area contributed by atoms with Crippen LogP contribution in [0.5, 0.6) is 5.75 Å². The molecule has 1 saturated heterocycles. The van der Waals surface area contributed by atoms with E-state index < -0.39 is 0 Å². The summed E-state index contributed by atoms with van der Waals surface area (Å²) in [4.78, 5) is 7.01. The van der Waals surface area contributed by atoms with Crippen LogP contribution in [0.3, 0.4) is 0 Å². The second kappa shape index (κ2) is 13.6. The lowest BCUT2D eigenvalue weighted by molar-refractivity contribution is 0.122. The van der Waals surface area contributed by atoms with E-state index in [2.05, 4.69) is 51.8 Å². The maximum atomic E-state index is 5.38. The summed E-state index contributed by atoms with van der Waals surface area (Å²) in [6.45, 7) is 3.88. The first-order chi connectivity index (χ1) is 15.1. The van der Waals surface area contributed by atoms with Crippen molar-refractivity contribution in [2.45, 2.75) is 51.0 Å². The van der Waals surface area contributed by atoms with E-state index in [1.54, 1.807) is 14.2 Å². The van der Waals surface area contributed by atoms with Crippen molar-refractivity contribution >= 4 is 29.9 Å². The highest BCUT2D eigenvalue weighted by atomic mass is 127. The van der Waals surface area contributed by atoms with E-state index >= 15 is 0 Å². The Bertz CT molecular complexity index is 692. The van der Waals surface area contributed by atoms with Crippen LogP contribution < -0.4 is 15.4 Å². The van der Waals surface area contributed by atoms with Crippen molar-refractivity contribution in [3.8, 4) is 5.75 Å². The molecule has 0 amide bonds. The van der Waals surface area contributed by atoms with Gasteiger partial charge in [0.1, 0.15) is 5.75 Å². The van der Waals surface area contributed by atoms with Gasteiger partial charge in [0, 0.05) is 39.9 Å². The lowest BCUT2D eigenvalue weighted by atomic mass is 9.83. The highest BCUT2D eigenvalue weighted by Gasteiger charge is 2.34. The lowest BCUT2D eigenvalue weighted by Crippen LogP contribution is -2.47. The molecule has 2 fully saturated rings. The van der Waals surface area contributed by atoms with Gasteiger partial charge in [-0.1, -0.05) is 25.0 Å². The lowest BCUT2D eigenvalue weighted by Gasteiger charge is -2.40. The molecule has 2 N–H and O–H groups in total. The third-order valence-corrected chi connectivity index (χ3v) is 7.35. The molecule has 2 unspecified atom stereocenters. The number of ether oxygens (including phenoxy) is 2. The van der Waals surface area contributed by atoms with Gasteiger partial charge in [-0.15, -0.1) is 24.0 Å². The molecule has 32 heavy (non-hydrogen) atoms. The van der Waals surface area contributed by atoms with Crippen molar-refractivity contribution < 1.29 is 9.47 Å².